The Morgan fingerprint density at radius 2 is 0.865 bits per heavy atom. The average Bonchev–Trinajstić information content (AvgIpc) is 3.45. The lowest BCUT2D eigenvalue weighted by Gasteiger charge is -2.46. The molecular formula is C28H13NO8. The molecule has 2 atom stereocenters. The molecule has 1 saturated heterocycles. The van der Waals surface area contributed by atoms with Crippen molar-refractivity contribution in [3.8, 4) is 0 Å². The number of nitrogens with zero attached hydrogens (tertiary/aromatic N) is 1. The number of hydrogen-bond acceptors (Lipinski definition) is 8. The molecule has 9 nitrogen and oxygen atoms in total. The number of para-hydroxylation sites is 1. The van der Waals surface area contributed by atoms with Crippen molar-refractivity contribution in [2.75, 3.05) is 4.90 Å². The predicted octanol–water partition coefficient (Wildman–Crippen LogP) is 2.70. The summed E-state index contributed by atoms with van der Waals surface area (Å²) in [7, 11) is 0. The quantitative estimate of drug-likeness (QED) is 0.289. The molecule has 37 heavy (non-hydrogen) atoms. The summed E-state index contributed by atoms with van der Waals surface area (Å²) in [6.07, 6.45) is 0. The minimum atomic E-state index is -0.796. The molecule has 0 aromatic heterocycles. The third kappa shape index (κ3) is 2.29. The first-order valence-corrected chi connectivity index (χ1v) is 11.7. The van der Waals surface area contributed by atoms with Gasteiger partial charge < -0.3 is 9.47 Å². The number of cyclic esters (lactones) is 4. The molecule has 9 rings (SSSR count). The minimum absolute atomic E-state index is 0.0989. The first-order valence-electron chi connectivity index (χ1n) is 11.7. The van der Waals surface area contributed by atoms with Gasteiger partial charge in [-0.1, -0.05) is 18.2 Å². The van der Waals surface area contributed by atoms with Crippen molar-refractivity contribution in [2.45, 2.75) is 11.8 Å². The summed E-state index contributed by atoms with van der Waals surface area (Å²) in [5.41, 5.74) is 3.33. The number of imide groups is 1. The molecule has 3 aromatic carbocycles. The van der Waals surface area contributed by atoms with Crippen LogP contribution in [0.3, 0.4) is 0 Å². The molecule has 9 heteroatoms. The van der Waals surface area contributed by atoms with E-state index in [2.05, 4.69) is 0 Å². The maximum Gasteiger partial charge on any atom is 0.346 e. The van der Waals surface area contributed by atoms with Crippen LogP contribution < -0.4 is 4.90 Å². The van der Waals surface area contributed by atoms with Gasteiger partial charge in [0.25, 0.3) is 0 Å². The van der Waals surface area contributed by atoms with Gasteiger partial charge >= 0.3 is 23.9 Å². The Morgan fingerprint density at radius 3 is 1.22 bits per heavy atom. The zero-order valence-electron chi connectivity index (χ0n) is 18.7. The van der Waals surface area contributed by atoms with Crippen molar-refractivity contribution in [1.29, 1.82) is 0 Å². The Balaban J connectivity index is 1.41. The largest absolute Gasteiger partial charge is 0.386 e. The van der Waals surface area contributed by atoms with Gasteiger partial charge in [-0.05, 0) is 58.7 Å². The van der Waals surface area contributed by atoms with E-state index < -0.39 is 47.5 Å². The third-order valence-corrected chi connectivity index (χ3v) is 8.17. The summed E-state index contributed by atoms with van der Waals surface area (Å²) in [5, 5.41) is 0. The van der Waals surface area contributed by atoms with E-state index in [9.17, 15) is 28.8 Å². The van der Waals surface area contributed by atoms with Gasteiger partial charge in [0.05, 0.1) is 39.8 Å². The Kier molecular flexibility index (Phi) is 3.53. The topological polar surface area (TPSA) is 124 Å². The normalized spacial score (nSPS) is 26.0. The van der Waals surface area contributed by atoms with Crippen LogP contribution in [0, 0.1) is 11.8 Å². The number of amides is 2. The van der Waals surface area contributed by atoms with E-state index >= 15 is 0 Å². The maximum absolute atomic E-state index is 13.9. The van der Waals surface area contributed by atoms with Crippen LogP contribution in [0.25, 0.3) is 0 Å². The number of rotatable bonds is 1. The number of anilines is 1. The maximum atomic E-state index is 13.9. The van der Waals surface area contributed by atoms with Crippen LogP contribution in [0.2, 0.25) is 0 Å². The van der Waals surface area contributed by atoms with Gasteiger partial charge in [-0.2, -0.15) is 0 Å². The number of esters is 4. The van der Waals surface area contributed by atoms with Crippen LogP contribution in [0.5, 0.6) is 0 Å². The van der Waals surface area contributed by atoms with E-state index in [0.717, 1.165) is 0 Å². The summed E-state index contributed by atoms with van der Waals surface area (Å²) < 4.78 is 9.59. The van der Waals surface area contributed by atoms with Crippen LogP contribution >= 0.6 is 0 Å². The van der Waals surface area contributed by atoms with E-state index in [-0.39, 0.29) is 34.1 Å². The van der Waals surface area contributed by atoms with Crippen molar-refractivity contribution in [3.63, 3.8) is 0 Å². The summed E-state index contributed by atoms with van der Waals surface area (Å²) in [5.74, 6) is -6.83. The Morgan fingerprint density at radius 1 is 0.514 bits per heavy atom. The summed E-state index contributed by atoms with van der Waals surface area (Å²) in [6, 6.07) is 14.9. The average molecular weight is 491 g/mol. The SMILES string of the molecule is O=C1OC(=O)c2cc3c(cc21)C1c2cc4c(cc2C3C2C(=O)N(c3ccccc3)C(=O)C12)C(=O)OC4=O. The van der Waals surface area contributed by atoms with Gasteiger partial charge in [0, 0.05) is 11.8 Å². The molecule has 0 N–H and O–H groups in total. The smallest absolute Gasteiger partial charge is 0.346 e. The van der Waals surface area contributed by atoms with Crippen LogP contribution in [0.15, 0.2) is 54.6 Å². The van der Waals surface area contributed by atoms with Crippen LogP contribution in [-0.2, 0) is 19.1 Å². The fourth-order valence-corrected chi connectivity index (χ4v) is 6.76. The first kappa shape index (κ1) is 20.3. The third-order valence-electron chi connectivity index (χ3n) is 8.17. The van der Waals surface area contributed by atoms with Gasteiger partial charge in [-0.3, -0.25) is 9.59 Å². The van der Waals surface area contributed by atoms with E-state index in [1.165, 1.54) is 4.90 Å². The molecule has 0 spiro atoms. The molecule has 1 fully saturated rings. The zero-order valence-corrected chi connectivity index (χ0v) is 18.7. The van der Waals surface area contributed by atoms with Crippen molar-refractivity contribution in [2.24, 2.45) is 11.8 Å². The molecule has 3 aliphatic carbocycles. The molecule has 178 valence electrons. The van der Waals surface area contributed by atoms with Crippen molar-refractivity contribution in [3.05, 3.63) is 99.1 Å². The fourth-order valence-electron chi connectivity index (χ4n) is 6.76. The number of carbonyl (C=O) groups is 6. The lowest BCUT2D eigenvalue weighted by molar-refractivity contribution is -0.122. The second-order valence-electron chi connectivity index (χ2n) is 9.76. The lowest BCUT2D eigenvalue weighted by Crippen LogP contribution is -2.42. The second-order valence-corrected chi connectivity index (χ2v) is 9.76. The fraction of sp³-hybridized carbons (Fsp3) is 0.143. The summed E-state index contributed by atoms with van der Waals surface area (Å²) in [4.78, 5) is 78.4. The number of fused-ring (bicyclic) bond motifs is 2. The summed E-state index contributed by atoms with van der Waals surface area (Å²) in [6.45, 7) is 0. The van der Waals surface area contributed by atoms with E-state index in [4.69, 9.17) is 9.47 Å². The molecule has 6 aliphatic rings. The first-order chi connectivity index (χ1) is 17.8. The number of carbonyl (C=O) groups excluding carboxylic acids is 6. The molecule has 0 radical (unpaired) electrons. The van der Waals surface area contributed by atoms with E-state index in [1.807, 2.05) is 0 Å². The standard InChI is InChI=1S/C28H13NO8/c30-23-21-19-11-6-15-16(26(33)36-25(15)32)7-12(11)20(22(21)24(31)29(23)10-4-2-1-3-5-10)14-9-18-17(8-13(14)19)27(34)37-28(18)35/h1-9,19-22H. The Hall–Kier alpha value is -4.92. The number of ether oxygens (including phenoxy) is 2. The Bertz CT molecular complexity index is 1530. The lowest BCUT2D eigenvalue weighted by atomic mass is 9.54. The van der Waals surface area contributed by atoms with Crippen molar-refractivity contribution in [1.82, 2.24) is 0 Å². The van der Waals surface area contributed by atoms with Gasteiger partial charge in [-0.15, -0.1) is 0 Å². The Labute approximate surface area is 207 Å². The molecule has 3 aromatic rings. The van der Waals surface area contributed by atoms with Gasteiger partial charge in [0.15, 0.2) is 0 Å². The van der Waals surface area contributed by atoms with Gasteiger partial charge in [0.1, 0.15) is 0 Å². The molecule has 3 aliphatic heterocycles. The van der Waals surface area contributed by atoms with Crippen molar-refractivity contribution >= 4 is 41.4 Å². The highest BCUT2D eigenvalue weighted by Crippen LogP contribution is 2.62. The highest BCUT2D eigenvalue weighted by atomic mass is 16.6. The second kappa shape index (κ2) is 6.44. The van der Waals surface area contributed by atoms with Crippen LogP contribution in [0.4, 0.5) is 5.69 Å². The predicted molar refractivity (Wildman–Crippen MR) is 122 cm³/mol. The minimum Gasteiger partial charge on any atom is -0.386 e. The molecule has 2 bridgehead atoms. The highest BCUT2D eigenvalue weighted by molar-refractivity contribution is 6.24. The van der Waals surface area contributed by atoms with Crippen LogP contribution in [-0.4, -0.2) is 35.7 Å². The zero-order chi connectivity index (χ0) is 25.3. The van der Waals surface area contributed by atoms with E-state index in [1.54, 1.807) is 54.6 Å². The summed E-state index contributed by atoms with van der Waals surface area (Å²) >= 11 is 0. The molecular weight excluding hydrogens is 478 g/mol. The van der Waals surface area contributed by atoms with Crippen LogP contribution in [0.1, 0.15) is 75.5 Å². The molecule has 0 saturated carbocycles. The van der Waals surface area contributed by atoms with E-state index in [0.29, 0.717) is 27.9 Å². The van der Waals surface area contributed by atoms with Gasteiger partial charge in [-0.25, -0.2) is 24.1 Å². The highest BCUT2D eigenvalue weighted by Gasteiger charge is 2.62. The van der Waals surface area contributed by atoms with Crippen molar-refractivity contribution < 1.29 is 38.2 Å². The monoisotopic (exact) mass is 491 g/mol. The molecule has 3 heterocycles. The molecule has 2 unspecified atom stereocenters. The number of hydrogen-bond donors (Lipinski definition) is 0. The molecule has 2 amide bonds. The van der Waals surface area contributed by atoms with Gasteiger partial charge in [0.2, 0.25) is 11.8 Å². The number of benzene rings is 3.